The van der Waals surface area contributed by atoms with Crippen LogP contribution in [-0.4, -0.2) is 49.2 Å². The minimum Gasteiger partial charge on any atom is -0.497 e. The zero-order valence-corrected chi connectivity index (χ0v) is 14.7. The summed E-state index contributed by atoms with van der Waals surface area (Å²) in [4.78, 5) is 0.0990. The molecule has 2 aromatic carbocycles. The second-order valence-corrected chi connectivity index (χ2v) is 7.80. The van der Waals surface area contributed by atoms with Crippen molar-refractivity contribution in [2.24, 2.45) is 0 Å². The van der Waals surface area contributed by atoms with Crippen LogP contribution < -0.4 is 4.74 Å². The molecule has 0 radical (unpaired) electrons. The van der Waals surface area contributed by atoms with Gasteiger partial charge in [0, 0.05) is 12.1 Å². The number of rotatable bonds is 5. The van der Waals surface area contributed by atoms with Gasteiger partial charge in [-0.15, -0.1) is 0 Å². The Hall–Kier alpha value is -1.93. The van der Waals surface area contributed by atoms with Crippen molar-refractivity contribution in [1.29, 1.82) is 0 Å². The second-order valence-electron chi connectivity index (χ2n) is 5.94. The lowest BCUT2D eigenvalue weighted by atomic mass is 9.95. The number of fused-ring (bicyclic) bond motifs is 1. The van der Waals surface area contributed by atoms with Crippen molar-refractivity contribution in [1.82, 2.24) is 4.31 Å². The number of methoxy groups -OCH3 is 1. The Morgan fingerprint density at radius 3 is 2.44 bits per heavy atom. The summed E-state index contributed by atoms with van der Waals surface area (Å²) in [6.45, 7) is -0.373. The molecule has 25 heavy (non-hydrogen) atoms. The zero-order valence-electron chi connectivity index (χ0n) is 13.9. The monoisotopic (exact) mass is 363 g/mol. The average molecular weight is 363 g/mol. The van der Waals surface area contributed by atoms with Gasteiger partial charge in [-0.2, -0.15) is 4.31 Å². The number of aliphatic hydroxyl groups is 2. The Bertz CT molecular complexity index is 835. The standard InChI is InChI=1S/C18H21NO5S/c1-24-14-8-6-13(7-9-14)12-16-18(21)15-4-2-3-5-17(15)25(22,23)19(16)10-11-20/h2-9,16,18,20-21H,10-12H2,1H3/t16-,18+/m0/s1. The normalized spacial score (nSPS) is 22.4. The zero-order chi connectivity index (χ0) is 18.0. The van der Waals surface area contributed by atoms with E-state index in [1.807, 2.05) is 12.1 Å². The number of nitrogens with zero attached hydrogens (tertiary/aromatic N) is 1. The fraction of sp³-hybridized carbons (Fsp3) is 0.333. The van der Waals surface area contributed by atoms with E-state index in [9.17, 15) is 18.6 Å². The van der Waals surface area contributed by atoms with Gasteiger partial charge in [0.05, 0.1) is 30.8 Å². The predicted octanol–water partition coefficient (Wildman–Crippen LogP) is 1.34. The Labute approximate surface area is 147 Å². The third-order valence-electron chi connectivity index (χ3n) is 4.48. The summed E-state index contributed by atoms with van der Waals surface area (Å²) in [6.07, 6.45) is -0.632. The molecule has 0 fully saturated rings. The van der Waals surface area contributed by atoms with E-state index in [1.165, 1.54) is 10.4 Å². The van der Waals surface area contributed by atoms with Gasteiger partial charge in [-0.05, 0) is 30.2 Å². The number of benzene rings is 2. The summed E-state index contributed by atoms with van der Waals surface area (Å²) < 4.78 is 32.2. The van der Waals surface area contributed by atoms with Gasteiger partial charge >= 0.3 is 0 Å². The van der Waals surface area contributed by atoms with Crippen LogP contribution in [0.2, 0.25) is 0 Å². The van der Waals surface area contributed by atoms with Crippen LogP contribution in [0.3, 0.4) is 0 Å². The molecule has 0 unspecified atom stereocenters. The van der Waals surface area contributed by atoms with Crippen molar-refractivity contribution < 1.29 is 23.4 Å². The smallest absolute Gasteiger partial charge is 0.243 e. The van der Waals surface area contributed by atoms with E-state index in [0.717, 1.165) is 5.56 Å². The van der Waals surface area contributed by atoms with E-state index in [0.29, 0.717) is 17.7 Å². The summed E-state index contributed by atoms with van der Waals surface area (Å²) in [5.41, 5.74) is 1.28. The van der Waals surface area contributed by atoms with Gasteiger partial charge in [0.25, 0.3) is 0 Å². The van der Waals surface area contributed by atoms with Crippen LogP contribution in [0, 0.1) is 0 Å². The van der Waals surface area contributed by atoms with Crippen molar-refractivity contribution in [2.45, 2.75) is 23.5 Å². The van der Waals surface area contributed by atoms with Crippen molar-refractivity contribution in [3.05, 3.63) is 59.7 Å². The van der Waals surface area contributed by atoms with Crippen LogP contribution in [-0.2, 0) is 16.4 Å². The highest BCUT2D eigenvalue weighted by atomic mass is 32.2. The molecule has 1 heterocycles. The maximum absolute atomic E-state index is 12.9. The second kappa shape index (κ2) is 7.13. The topological polar surface area (TPSA) is 87.1 Å². The minimum atomic E-state index is -3.77. The van der Waals surface area contributed by atoms with E-state index < -0.39 is 22.2 Å². The van der Waals surface area contributed by atoms with E-state index in [-0.39, 0.29) is 18.0 Å². The number of hydrogen-bond acceptors (Lipinski definition) is 5. The summed E-state index contributed by atoms with van der Waals surface area (Å²) in [5, 5.41) is 20.1. The molecule has 1 aliphatic rings. The molecule has 2 aromatic rings. The molecule has 3 rings (SSSR count). The summed E-state index contributed by atoms with van der Waals surface area (Å²) in [5.74, 6) is 0.707. The molecular formula is C18H21NO5S. The first-order chi connectivity index (χ1) is 12.0. The molecule has 0 aromatic heterocycles. The molecular weight excluding hydrogens is 342 g/mol. The van der Waals surface area contributed by atoms with Crippen LogP contribution >= 0.6 is 0 Å². The lowest BCUT2D eigenvalue weighted by molar-refractivity contribution is 0.0725. The first-order valence-electron chi connectivity index (χ1n) is 8.01. The van der Waals surface area contributed by atoms with E-state index in [2.05, 4.69) is 0 Å². The predicted molar refractivity (Wildman–Crippen MR) is 92.9 cm³/mol. The van der Waals surface area contributed by atoms with Crippen molar-refractivity contribution in [3.63, 3.8) is 0 Å². The van der Waals surface area contributed by atoms with Crippen LogP contribution in [0.4, 0.5) is 0 Å². The Morgan fingerprint density at radius 2 is 1.80 bits per heavy atom. The number of hydrogen-bond donors (Lipinski definition) is 2. The molecule has 0 saturated heterocycles. The SMILES string of the molecule is COc1ccc(C[C@H]2[C@H](O)c3ccccc3S(=O)(=O)N2CCO)cc1. The number of sulfonamides is 1. The molecule has 7 heteroatoms. The first kappa shape index (κ1) is 17.9. The van der Waals surface area contributed by atoms with Gasteiger partial charge in [-0.3, -0.25) is 0 Å². The fourth-order valence-electron chi connectivity index (χ4n) is 3.23. The van der Waals surface area contributed by atoms with Crippen molar-refractivity contribution in [2.75, 3.05) is 20.3 Å². The van der Waals surface area contributed by atoms with Crippen LogP contribution in [0.5, 0.6) is 5.75 Å². The number of aliphatic hydroxyl groups excluding tert-OH is 2. The number of β-amino-alcohol motifs (C(OH)–C–C–N with tert-alkyl or cyclic N) is 1. The van der Waals surface area contributed by atoms with E-state index >= 15 is 0 Å². The van der Waals surface area contributed by atoms with Gasteiger partial charge in [0.2, 0.25) is 10.0 Å². The molecule has 2 N–H and O–H groups in total. The first-order valence-corrected chi connectivity index (χ1v) is 9.45. The highest BCUT2D eigenvalue weighted by Crippen LogP contribution is 2.37. The molecule has 1 aliphatic heterocycles. The molecule has 2 atom stereocenters. The molecule has 0 spiro atoms. The van der Waals surface area contributed by atoms with Gasteiger partial charge in [-0.1, -0.05) is 30.3 Å². The maximum Gasteiger partial charge on any atom is 0.243 e. The molecule has 6 nitrogen and oxygen atoms in total. The molecule has 0 amide bonds. The highest BCUT2D eigenvalue weighted by Gasteiger charge is 2.43. The molecule has 0 bridgehead atoms. The van der Waals surface area contributed by atoms with Gasteiger partial charge in [0.15, 0.2) is 0 Å². The average Bonchev–Trinajstić information content (AvgIpc) is 2.63. The van der Waals surface area contributed by atoms with Gasteiger partial charge in [-0.25, -0.2) is 8.42 Å². The quantitative estimate of drug-likeness (QED) is 0.837. The molecule has 0 saturated carbocycles. The summed E-state index contributed by atoms with van der Waals surface area (Å²) in [7, 11) is -2.20. The van der Waals surface area contributed by atoms with Crippen LogP contribution in [0.1, 0.15) is 17.2 Å². The van der Waals surface area contributed by atoms with E-state index in [1.54, 1.807) is 37.4 Å². The number of ether oxygens (including phenoxy) is 1. The van der Waals surface area contributed by atoms with Crippen LogP contribution in [0.15, 0.2) is 53.4 Å². The minimum absolute atomic E-state index is 0.0610. The van der Waals surface area contributed by atoms with Gasteiger partial charge < -0.3 is 14.9 Å². The van der Waals surface area contributed by atoms with Crippen molar-refractivity contribution in [3.8, 4) is 5.75 Å². The van der Waals surface area contributed by atoms with E-state index in [4.69, 9.17) is 4.74 Å². The highest BCUT2D eigenvalue weighted by molar-refractivity contribution is 7.89. The maximum atomic E-state index is 12.9. The third-order valence-corrected chi connectivity index (χ3v) is 6.48. The third kappa shape index (κ3) is 3.28. The molecule has 0 aliphatic carbocycles. The van der Waals surface area contributed by atoms with Crippen molar-refractivity contribution >= 4 is 10.0 Å². The van der Waals surface area contributed by atoms with Gasteiger partial charge in [0.1, 0.15) is 5.75 Å². The van der Waals surface area contributed by atoms with Crippen LogP contribution in [0.25, 0.3) is 0 Å². The fourth-order valence-corrected chi connectivity index (χ4v) is 5.09. The lowest BCUT2D eigenvalue weighted by Crippen LogP contribution is -2.50. The Balaban J connectivity index is 2.01. The summed E-state index contributed by atoms with van der Waals surface area (Å²) in [6, 6.07) is 13.1. The Morgan fingerprint density at radius 1 is 1.12 bits per heavy atom. The summed E-state index contributed by atoms with van der Waals surface area (Å²) >= 11 is 0. The lowest BCUT2D eigenvalue weighted by Gasteiger charge is -2.39. The largest absolute Gasteiger partial charge is 0.497 e. The Kier molecular flexibility index (Phi) is 5.10. The molecule has 134 valence electrons.